The van der Waals surface area contributed by atoms with Crippen molar-refractivity contribution in [3.8, 4) is 0 Å². The molecular formula is C25H40N4O3S. The number of para-hydroxylation sites is 2. The van der Waals surface area contributed by atoms with E-state index in [1.165, 1.54) is 38.5 Å². The lowest BCUT2D eigenvalue weighted by atomic mass is 9.89. The summed E-state index contributed by atoms with van der Waals surface area (Å²) in [4.78, 5) is 16.3. The minimum atomic E-state index is -3.71. The average Bonchev–Trinajstić information content (AvgIpc) is 3.14. The lowest BCUT2D eigenvalue weighted by Gasteiger charge is -2.43. The molecule has 0 radical (unpaired) electrons. The molecule has 1 aromatic rings. The Balaban J connectivity index is 1.70. The normalized spacial score (nSPS) is 30.4. The number of carbonyl (C=O) groups is 1. The van der Waals surface area contributed by atoms with E-state index in [1.54, 1.807) is 16.1 Å². The van der Waals surface area contributed by atoms with E-state index in [4.69, 9.17) is 0 Å². The molecule has 3 unspecified atom stereocenters. The molecule has 7 nitrogen and oxygen atoms in total. The average molecular weight is 477 g/mol. The second kappa shape index (κ2) is 9.92. The number of likely N-dealkylation sites (N-methyl/N-ethyl adjacent to an activating group) is 1. The van der Waals surface area contributed by atoms with Crippen LogP contribution in [0.1, 0.15) is 72.1 Å². The summed E-state index contributed by atoms with van der Waals surface area (Å²) in [6.07, 6.45) is 9.57. The van der Waals surface area contributed by atoms with Crippen LogP contribution in [0.5, 0.6) is 0 Å². The quantitative estimate of drug-likeness (QED) is 0.716. The zero-order valence-electron chi connectivity index (χ0n) is 20.5. The molecule has 33 heavy (non-hydrogen) atoms. The first-order chi connectivity index (χ1) is 15.7. The highest BCUT2D eigenvalue weighted by Crippen LogP contribution is 2.40. The third-order valence-electron chi connectivity index (χ3n) is 7.93. The van der Waals surface area contributed by atoms with Crippen LogP contribution >= 0.6 is 0 Å². The van der Waals surface area contributed by atoms with E-state index in [1.807, 2.05) is 31.2 Å². The van der Waals surface area contributed by atoms with Crippen LogP contribution in [0, 0.1) is 5.92 Å². The molecule has 1 saturated heterocycles. The van der Waals surface area contributed by atoms with Crippen LogP contribution in [0.3, 0.4) is 0 Å². The summed E-state index contributed by atoms with van der Waals surface area (Å²) in [7, 11) is -1.64. The number of benzene rings is 1. The van der Waals surface area contributed by atoms with Gasteiger partial charge in [0.2, 0.25) is 5.91 Å². The van der Waals surface area contributed by atoms with Crippen LogP contribution < -0.4 is 14.5 Å². The van der Waals surface area contributed by atoms with Gasteiger partial charge >= 0.3 is 0 Å². The minimum Gasteiger partial charge on any atom is -0.306 e. The lowest BCUT2D eigenvalue weighted by molar-refractivity contribution is -0.117. The van der Waals surface area contributed by atoms with Crippen molar-refractivity contribution in [2.24, 2.45) is 5.92 Å². The van der Waals surface area contributed by atoms with Gasteiger partial charge in [-0.05, 0) is 51.8 Å². The zero-order chi connectivity index (χ0) is 23.8. The van der Waals surface area contributed by atoms with Crippen LogP contribution in [-0.4, -0.2) is 56.4 Å². The van der Waals surface area contributed by atoms with Gasteiger partial charge in [0.1, 0.15) is 5.37 Å². The van der Waals surface area contributed by atoms with E-state index < -0.39 is 15.4 Å². The van der Waals surface area contributed by atoms with Gasteiger partial charge in [0.25, 0.3) is 10.0 Å². The molecule has 0 spiro atoms. The molecule has 1 N–H and O–H groups in total. The maximum absolute atomic E-state index is 14.3. The molecule has 184 valence electrons. The first-order valence-corrected chi connectivity index (χ1v) is 14.1. The summed E-state index contributed by atoms with van der Waals surface area (Å²) in [5.41, 5.74) is 1.27. The van der Waals surface area contributed by atoms with Crippen LogP contribution in [0.15, 0.2) is 24.3 Å². The van der Waals surface area contributed by atoms with Crippen LogP contribution in [0.25, 0.3) is 0 Å². The van der Waals surface area contributed by atoms with Gasteiger partial charge in [-0.2, -0.15) is 0 Å². The Labute approximate surface area is 199 Å². The number of nitrogens with one attached hydrogen (secondary N) is 1. The lowest BCUT2D eigenvalue weighted by Crippen LogP contribution is -2.57. The highest BCUT2D eigenvalue weighted by atomic mass is 32.2. The summed E-state index contributed by atoms with van der Waals surface area (Å²) in [5, 5.41) is 2.78. The van der Waals surface area contributed by atoms with Gasteiger partial charge in [-0.3, -0.25) is 19.3 Å². The molecule has 2 aliphatic heterocycles. The Morgan fingerprint density at radius 1 is 0.970 bits per heavy atom. The largest absolute Gasteiger partial charge is 0.306 e. The van der Waals surface area contributed by atoms with Crippen LogP contribution in [0.2, 0.25) is 0 Å². The Kier molecular flexibility index (Phi) is 7.36. The van der Waals surface area contributed by atoms with Gasteiger partial charge in [-0.25, -0.2) is 8.42 Å². The van der Waals surface area contributed by atoms with E-state index in [9.17, 15) is 13.2 Å². The molecular weight excluding hydrogens is 436 g/mol. The topological polar surface area (TPSA) is 73.0 Å². The standard InChI is InChI=1S/C25H40N4O3S/c1-18-17-28(22-15-11-12-16-23(22)29(18)20(3)30)33(31,32)25-24(27(4)19(2)26-25)21-13-9-7-5-6-8-10-14-21/h11-12,15-16,18-19,21,24-26H,5-10,13-14,17H2,1-4H3/t18-,19?,24?,25?/m0/s1. The van der Waals surface area contributed by atoms with Gasteiger partial charge in [0.05, 0.1) is 30.1 Å². The first-order valence-electron chi connectivity index (χ1n) is 12.6. The molecule has 0 aromatic heterocycles. The molecule has 0 bridgehead atoms. The Bertz CT molecular complexity index is 943. The highest BCUT2D eigenvalue weighted by Gasteiger charge is 2.50. The number of hydrogen-bond donors (Lipinski definition) is 1. The summed E-state index contributed by atoms with van der Waals surface area (Å²) >= 11 is 0. The summed E-state index contributed by atoms with van der Waals surface area (Å²) in [5.74, 6) is 0.291. The van der Waals surface area contributed by atoms with Crippen molar-refractivity contribution in [3.63, 3.8) is 0 Å². The summed E-state index contributed by atoms with van der Waals surface area (Å²) in [6.45, 7) is 5.79. The van der Waals surface area contributed by atoms with E-state index in [-0.39, 0.29) is 30.7 Å². The van der Waals surface area contributed by atoms with Gasteiger partial charge in [-0.1, -0.05) is 50.7 Å². The van der Waals surface area contributed by atoms with Crippen molar-refractivity contribution < 1.29 is 13.2 Å². The molecule has 2 heterocycles. The number of sulfonamides is 1. The fourth-order valence-electron chi connectivity index (χ4n) is 6.17. The van der Waals surface area contributed by atoms with Crippen molar-refractivity contribution in [1.29, 1.82) is 0 Å². The van der Waals surface area contributed by atoms with Crippen LogP contribution in [0.4, 0.5) is 11.4 Å². The van der Waals surface area contributed by atoms with Crippen molar-refractivity contribution in [1.82, 2.24) is 10.2 Å². The van der Waals surface area contributed by atoms with E-state index >= 15 is 0 Å². The third kappa shape index (κ3) is 4.66. The Morgan fingerprint density at radius 3 is 2.15 bits per heavy atom. The Hall–Kier alpha value is -1.64. The van der Waals surface area contributed by atoms with Crippen molar-refractivity contribution in [3.05, 3.63) is 24.3 Å². The zero-order valence-corrected chi connectivity index (χ0v) is 21.4. The number of anilines is 2. The molecule has 4 atom stereocenters. The van der Waals surface area contributed by atoms with E-state index in [0.29, 0.717) is 17.3 Å². The molecule has 1 aliphatic carbocycles. The minimum absolute atomic E-state index is 0.00595. The predicted molar refractivity (Wildman–Crippen MR) is 134 cm³/mol. The molecule has 4 rings (SSSR count). The van der Waals surface area contributed by atoms with Gasteiger partial charge < -0.3 is 4.90 Å². The van der Waals surface area contributed by atoms with Crippen molar-refractivity contribution in [2.75, 3.05) is 22.8 Å². The van der Waals surface area contributed by atoms with Crippen LogP contribution in [-0.2, 0) is 14.8 Å². The monoisotopic (exact) mass is 476 g/mol. The third-order valence-corrected chi connectivity index (χ3v) is 9.94. The van der Waals surface area contributed by atoms with E-state index in [0.717, 1.165) is 12.8 Å². The maximum Gasteiger partial charge on any atom is 0.253 e. The molecule has 3 aliphatic rings. The number of carbonyl (C=O) groups excluding carboxylic acids is 1. The molecule has 2 fully saturated rings. The summed E-state index contributed by atoms with van der Waals surface area (Å²) in [6, 6.07) is 7.10. The van der Waals surface area contributed by atoms with Crippen molar-refractivity contribution in [2.45, 2.75) is 95.8 Å². The number of hydrogen-bond acceptors (Lipinski definition) is 5. The molecule has 1 saturated carbocycles. The van der Waals surface area contributed by atoms with Gasteiger partial charge in [0, 0.05) is 13.0 Å². The smallest absolute Gasteiger partial charge is 0.253 e. The Morgan fingerprint density at radius 2 is 1.55 bits per heavy atom. The van der Waals surface area contributed by atoms with Gasteiger partial charge in [-0.15, -0.1) is 0 Å². The second-order valence-electron chi connectivity index (χ2n) is 10.2. The molecule has 8 heteroatoms. The maximum atomic E-state index is 14.3. The molecule has 1 aromatic carbocycles. The van der Waals surface area contributed by atoms with Crippen molar-refractivity contribution >= 4 is 27.3 Å². The second-order valence-corrected chi connectivity index (χ2v) is 12.2. The SMILES string of the molecule is CC(=O)N1c2ccccc2N(S(=O)(=O)C2NC(C)N(C)C2C2CCCCCCCC2)C[C@@H]1C. The van der Waals surface area contributed by atoms with E-state index in [2.05, 4.69) is 24.2 Å². The fraction of sp³-hybridized carbons (Fsp3) is 0.720. The number of rotatable bonds is 3. The summed E-state index contributed by atoms with van der Waals surface area (Å²) < 4.78 is 30.1. The molecule has 1 amide bonds. The first kappa shape index (κ1) is 24.5. The highest BCUT2D eigenvalue weighted by molar-refractivity contribution is 7.93. The fourth-order valence-corrected chi connectivity index (χ4v) is 8.43. The predicted octanol–water partition coefficient (Wildman–Crippen LogP) is 3.90. The number of amides is 1. The van der Waals surface area contributed by atoms with Gasteiger partial charge in [0.15, 0.2) is 0 Å². The number of fused-ring (bicyclic) bond motifs is 1. The number of nitrogens with zero attached hydrogens (tertiary/aromatic N) is 3.